The first-order valence-corrected chi connectivity index (χ1v) is 14.1. The summed E-state index contributed by atoms with van der Waals surface area (Å²) in [5.41, 5.74) is 6.63. The summed E-state index contributed by atoms with van der Waals surface area (Å²) in [7, 11) is 0. The van der Waals surface area contributed by atoms with E-state index >= 15 is 0 Å². The largest absolute Gasteiger partial charge is 0.354 e. The minimum atomic E-state index is -0.599. The number of hydrogen-bond acceptors (Lipinski definition) is 4. The molecule has 1 saturated heterocycles. The molecule has 7 heteroatoms. The van der Waals surface area contributed by atoms with Crippen molar-refractivity contribution in [3.8, 4) is 0 Å². The molecule has 3 amide bonds. The molecule has 0 unspecified atom stereocenters. The Morgan fingerprint density at radius 3 is 2.54 bits per heavy atom. The van der Waals surface area contributed by atoms with E-state index in [1.165, 1.54) is 19.3 Å². The molecule has 2 atom stereocenters. The molecule has 2 aromatic rings. The van der Waals surface area contributed by atoms with Gasteiger partial charge >= 0.3 is 0 Å². The number of hydrogen-bond donors (Lipinski definition) is 3. The van der Waals surface area contributed by atoms with Gasteiger partial charge < -0.3 is 21.3 Å². The molecule has 4 N–H and O–H groups in total. The second kappa shape index (κ2) is 13.6. The Labute approximate surface area is 220 Å². The van der Waals surface area contributed by atoms with Gasteiger partial charge in [-0.2, -0.15) is 0 Å². The van der Waals surface area contributed by atoms with E-state index in [1.54, 1.807) is 4.90 Å². The van der Waals surface area contributed by atoms with Crippen molar-refractivity contribution in [3.63, 3.8) is 0 Å². The first kappa shape index (κ1) is 27.1. The van der Waals surface area contributed by atoms with Crippen molar-refractivity contribution in [1.29, 1.82) is 0 Å². The molecule has 1 aliphatic carbocycles. The molecule has 200 valence electrons. The maximum absolute atomic E-state index is 13.4. The van der Waals surface area contributed by atoms with Crippen LogP contribution in [0.4, 0.5) is 0 Å². The molecular formula is C30H42N4O3. The van der Waals surface area contributed by atoms with Gasteiger partial charge in [-0.3, -0.25) is 14.4 Å². The van der Waals surface area contributed by atoms with Crippen molar-refractivity contribution in [2.24, 2.45) is 11.7 Å². The van der Waals surface area contributed by atoms with E-state index in [0.29, 0.717) is 38.4 Å². The lowest BCUT2D eigenvalue weighted by molar-refractivity contribution is -0.139. The van der Waals surface area contributed by atoms with Crippen LogP contribution in [0.25, 0.3) is 10.8 Å². The summed E-state index contributed by atoms with van der Waals surface area (Å²) in [6.07, 6.45) is 9.82. The zero-order chi connectivity index (χ0) is 26.0. The Balaban J connectivity index is 1.38. The van der Waals surface area contributed by atoms with Gasteiger partial charge in [0.05, 0.1) is 6.42 Å². The second-order valence-electron chi connectivity index (χ2n) is 10.7. The Bertz CT molecular complexity index is 1060. The molecule has 4 rings (SSSR count). The predicted molar refractivity (Wildman–Crippen MR) is 147 cm³/mol. The number of benzene rings is 2. The molecule has 2 aliphatic rings. The van der Waals surface area contributed by atoms with Crippen LogP contribution >= 0.6 is 0 Å². The van der Waals surface area contributed by atoms with E-state index in [9.17, 15) is 14.4 Å². The van der Waals surface area contributed by atoms with Crippen molar-refractivity contribution in [2.45, 2.75) is 82.7 Å². The number of amides is 3. The summed E-state index contributed by atoms with van der Waals surface area (Å²) in [5.74, 6) is 0.127. The fourth-order valence-corrected chi connectivity index (χ4v) is 5.84. The van der Waals surface area contributed by atoms with E-state index in [0.717, 1.165) is 48.4 Å². The summed E-state index contributed by atoms with van der Waals surface area (Å²) in [6, 6.07) is 12.9. The molecule has 1 saturated carbocycles. The number of fused-ring (bicyclic) bond motifs is 1. The first-order valence-electron chi connectivity index (χ1n) is 14.1. The van der Waals surface area contributed by atoms with Crippen molar-refractivity contribution in [2.75, 3.05) is 19.6 Å². The smallest absolute Gasteiger partial charge is 0.243 e. The fraction of sp³-hybridized carbons (Fsp3) is 0.567. The van der Waals surface area contributed by atoms with Gasteiger partial charge in [-0.05, 0) is 73.7 Å². The van der Waals surface area contributed by atoms with Crippen molar-refractivity contribution in [3.05, 3.63) is 48.0 Å². The van der Waals surface area contributed by atoms with Crippen molar-refractivity contribution in [1.82, 2.24) is 15.5 Å². The van der Waals surface area contributed by atoms with Crippen LogP contribution in [-0.4, -0.2) is 54.3 Å². The van der Waals surface area contributed by atoms with Crippen LogP contribution in [0.3, 0.4) is 0 Å². The Hall–Kier alpha value is -2.93. The van der Waals surface area contributed by atoms with E-state index in [-0.39, 0.29) is 24.1 Å². The molecule has 2 aromatic carbocycles. The monoisotopic (exact) mass is 506 g/mol. The van der Waals surface area contributed by atoms with E-state index < -0.39 is 12.1 Å². The number of nitrogens with zero attached hydrogens (tertiary/aromatic N) is 1. The Kier molecular flexibility index (Phi) is 9.94. The number of carbonyl (C=O) groups is 3. The lowest BCUT2D eigenvalue weighted by Crippen LogP contribution is -2.53. The van der Waals surface area contributed by atoms with Gasteiger partial charge in [0.25, 0.3) is 0 Å². The third-order valence-corrected chi connectivity index (χ3v) is 7.97. The summed E-state index contributed by atoms with van der Waals surface area (Å²) in [4.78, 5) is 41.5. The highest BCUT2D eigenvalue weighted by molar-refractivity contribution is 5.94. The molecule has 0 radical (unpaired) electrons. The molecule has 1 heterocycles. The number of carbonyl (C=O) groups excluding carboxylic acids is 3. The number of unbranched alkanes of at least 4 members (excludes halogenated alkanes) is 1. The van der Waals surface area contributed by atoms with Crippen molar-refractivity contribution >= 4 is 28.5 Å². The topological polar surface area (TPSA) is 105 Å². The van der Waals surface area contributed by atoms with E-state index in [1.807, 2.05) is 42.5 Å². The SMILES string of the molecule is NCCCC[C@H](NC(=O)[C@@H]1CCCN1C(=O)Cc1cccc2ccccc12)C(=O)NCC1CCCCC1. The standard InChI is InChI=1S/C30H42N4O3/c31-18-7-6-16-26(29(36)32-21-22-10-2-1-3-11-22)33-30(37)27-17-9-19-34(27)28(35)20-24-14-8-13-23-12-4-5-15-25(23)24/h4-5,8,12-15,22,26-27H,1-3,6-7,9-11,16-21,31H2,(H,32,36)(H,33,37)/t26-,27-/m0/s1. The molecule has 7 nitrogen and oxygen atoms in total. The molecule has 2 fully saturated rings. The second-order valence-corrected chi connectivity index (χ2v) is 10.7. The summed E-state index contributed by atoms with van der Waals surface area (Å²) < 4.78 is 0. The van der Waals surface area contributed by atoms with Crippen molar-refractivity contribution < 1.29 is 14.4 Å². The van der Waals surface area contributed by atoms with Crippen LogP contribution in [-0.2, 0) is 20.8 Å². The number of nitrogens with two attached hydrogens (primary N) is 1. The minimum absolute atomic E-state index is 0.0459. The maximum atomic E-state index is 13.4. The average Bonchev–Trinajstić information content (AvgIpc) is 3.43. The highest BCUT2D eigenvalue weighted by Crippen LogP contribution is 2.24. The number of rotatable bonds is 11. The van der Waals surface area contributed by atoms with E-state index in [4.69, 9.17) is 5.73 Å². The van der Waals surface area contributed by atoms with Crippen LogP contribution in [0.1, 0.15) is 69.8 Å². The highest BCUT2D eigenvalue weighted by Gasteiger charge is 2.35. The van der Waals surface area contributed by atoms with Crippen LogP contribution in [0.2, 0.25) is 0 Å². The van der Waals surface area contributed by atoms with Crippen LogP contribution in [0, 0.1) is 5.92 Å². The molecular weight excluding hydrogens is 464 g/mol. The lowest BCUT2D eigenvalue weighted by Gasteiger charge is -2.27. The van der Waals surface area contributed by atoms with Gasteiger partial charge in [0.15, 0.2) is 0 Å². The van der Waals surface area contributed by atoms with Gasteiger partial charge in [0.2, 0.25) is 17.7 Å². The third kappa shape index (κ3) is 7.31. The normalized spacial score (nSPS) is 19.1. The Morgan fingerprint density at radius 1 is 0.946 bits per heavy atom. The molecule has 1 aliphatic heterocycles. The summed E-state index contributed by atoms with van der Waals surface area (Å²) in [6.45, 7) is 1.79. The van der Waals surface area contributed by atoms with Crippen LogP contribution < -0.4 is 16.4 Å². The predicted octanol–water partition coefficient (Wildman–Crippen LogP) is 3.68. The van der Waals surface area contributed by atoms with Gasteiger partial charge in [0.1, 0.15) is 12.1 Å². The van der Waals surface area contributed by atoms with Gasteiger partial charge in [-0.25, -0.2) is 0 Å². The first-order chi connectivity index (χ1) is 18.1. The van der Waals surface area contributed by atoms with Gasteiger partial charge in [-0.1, -0.05) is 61.7 Å². The van der Waals surface area contributed by atoms with Crippen LogP contribution in [0.15, 0.2) is 42.5 Å². The zero-order valence-electron chi connectivity index (χ0n) is 21.9. The molecule has 0 aromatic heterocycles. The van der Waals surface area contributed by atoms with Gasteiger partial charge in [-0.15, -0.1) is 0 Å². The molecule has 37 heavy (non-hydrogen) atoms. The molecule has 0 bridgehead atoms. The minimum Gasteiger partial charge on any atom is -0.354 e. The summed E-state index contributed by atoms with van der Waals surface area (Å²) in [5, 5.41) is 8.25. The van der Waals surface area contributed by atoms with Crippen LogP contribution in [0.5, 0.6) is 0 Å². The number of likely N-dealkylation sites (tertiary alicyclic amines) is 1. The summed E-state index contributed by atoms with van der Waals surface area (Å²) >= 11 is 0. The lowest BCUT2D eigenvalue weighted by atomic mass is 9.89. The Morgan fingerprint density at radius 2 is 1.73 bits per heavy atom. The fourth-order valence-electron chi connectivity index (χ4n) is 5.84. The quantitative estimate of drug-likeness (QED) is 0.404. The maximum Gasteiger partial charge on any atom is 0.243 e. The zero-order valence-corrected chi connectivity index (χ0v) is 21.9. The average molecular weight is 507 g/mol. The highest BCUT2D eigenvalue weighted by atomic mass is 16.2. The third-order valence-electron chi connectivity index (χ3n) is 7.97. The van der Waals surface area contributed by atoms with Gasteiger partial charge in [0, 0.05) is 13.1 Å². The number of nitrogens with one attached hydrogen (secondary N) is 2. The molecule has 0 spiro atoms. The van der Waals surface area contributed by atoms with E-state index in [2.05, 4.69) is 10.6 Å².